The maximum Gasteiger partial charge on any atom is 0.254 e. The van der Waals surface area contributed by atoms with Gasteiger partial charge in [0.05, 0.1) is 13.2 Å². The fourth-order valence-electron chi connectivity index (χ4n) is 3.49. The minimum Gasteiger partial charge on any atom is -0.378 e. The first kappa shape index (κ1) is 19.1. The normalized spacial score (nSPS) is 14.0. The fourth-order valence-corrected chi connectivity index (χ4v) is 3.49. The van der Waals surface area contributed by atoms with E-state index in [0.717, 1.165) is 22.8 Å². The number of carbonyl (C=O) groups excluding carboxylic acids is 1. The highest BCUT2D eigenvalue weighted by atomic mass is 16.5. The van der Waals surface area contributed by atoms with Gasteiger partial charge in [-0.3, -0.25) is 9.78 Å². The van der Waals surface area contributed by atoms with Crippen molar-refractivity contribution in [2.75, 3.05) is 31.6 Å². The summed E-state index contributed by atoms with van der Waals surface area (Å²) in [5, 5.41) is 7.95. The molecule has 0 atom stereocenters. The van der Waals surface area contributed by atoms with E-state index >= 15 is 0 Å². The predicted molar refractivity (Wildman–Crippen MR) is 115 cm³/mol. The van der Waals surface area contributed by atoms with Gasteiger partial charge < -0.3 is 15.0 Å². The first-order valence-electron chi connectivity index (χ1n) is 10.1. The number of benzene rings is 1. The van der Waals surface area contributed by atoms with Crippen LogP contribution in [-0.4, -0.2) is 61.7 Å². The first-order chi connectivity index (χ1) is 15.2. The average molecular weight is 415 g/mol. The second kappa shape index (κ2) is 8.11. The molecule has 156 valence electrons. The van der Waals surface area contributed by atoms with Gasteiger partial charge in [0.25, 0.3) is 11.7 Å². The summed E-state index contributed by atoms with van der Waals surface area (Å²) in [6.45, 7) is 4.33. The zero-order valence-electron chi connectivity index (χ0n) is 17.0. The Hall–Kier alpha value is -3.85. The number of rotatable bonds is 4. The Labute approximate surface area is 178 Å². The van der Waals surface area contributed by atoms with Crippen molar-refractivity contribution < 1.29 is 9.53 Å². The summed E-state index contributed by atoms with van der Waals surface area (Å²) in [6, 6.07) is 13.1. The Balaban J connectivity index is 1.41. The maximum absolute atomic E-state index is 12.6. The molecule has 0 radical (unpaired) electrons. The van der Waals surface area contributed by atoms with Crippen LogP contribution in [0.5, 0.6) is 0 Å². The zero-order chi connectivity index (χ0) is 21.2. The summed E-state index contributed by atoms with van der Waals surface area (Å²) in [4.78, 5) is 27.6. The van der Waals surface area contributed by atoms with Crippen molar-refractivity contribution in [1.82, 2.24) is 29.5 Å². The number of aryl methyl sites for hydroxylation is 1. The number of fused-ring (bicyclic) bond motifs is 1. The summed E-state index contributed by atoms with van der Waals surface area (Å²) in [7, 11) is 0. The maximum atomic E-state index is 12.6. The lowest BCUT2D eigenvalue weighted by atomic mass is 10.1. The number of amides is 1. The Morgan fingerprint density at radius 3 is 2.65 bits per heavy atom. The van der Waals surface area contributed by atoms with E-state index < -0.39 is 0 Å². The molecular weight excluding hydrogens is 394 g/mol. The molecule has 0 spiro atoms. The third-order valence-corrected chi connectivity index (χ3v) is 5.06. The van der Waals surface area contributed by atoms with Gasteiger partial charge in [0.1, 0.15) is 5.82 Å². The molecule has 31 heavy (non-hydrogen) atoms. The van der Waals surface area contributed by atoms with E-state index in [1.165, 1.54) is 0 Å². The van der Waals surface area contributed by atoms with E-state index in [4.69, 9.17) is 4.74 Å². The number of hydrogen-bond acceptors (Lipinski definition) is 7. The molecule has 4 aromatic rings. The quantitative estimate of drug-likeness (QED) is 0.547. The number of aromatic nitrogens is 5. The van der Waals surface area contributed by atoms with Crippen molar-refractivity contribution in [1.29, 1.82) is 0 Å². The largest absolute Gasteiger partial charge is 0.378 e. The van der Waals surface area contributed by atoms with Gasteiger partial charge in [-0.05, 0) is 43.3 Å². The van der Waals surface area contributed by atoms with Crippen molar-refractivity contribution in [2.24, 2.45) is 0 Å². The minimum absolute atomic E-state index is 0.0226. The van der Waals surface area contributed by atoms with Crippen molar-refractivity contribution in [3.8, 4) is 11.4 Å². The highest BCUT2D eigenvalue weighted by molar-refractivity contribution is 5.94. The average Bonchev–Trinajstić information content (AvgIpc) is 3.24. The van der Waals surface area contributed by atoms with Crippen LogP contribution in [0.4, 0.5) is 11.5 Å². The molecule has 0 unspecified atom stereocenters. The molecule has 1 saturated heterocycles. The molecule has 1 aliphatic rings. The van der Waals surface area contributed by atoms with Crippen LogP contribution in [0.15, 0.2) is 54.9 Å². The van der Waals surface area contributed by atoms with Gasteiger partial charge in [-0.1, -0.05) is 0 Å². The Kier molecular flexibility index (Phi) is 5.01. The molecule has 9 nitrogen and oxygen atoms in total. The van der Waals surface area contributed by atoms with Gasteiger partial charge in [-0.2, -0.15) is 9.50 Å². The molecule has 1 amide bonds. The molecule has 1 aliphatic heterocycles. The van der Waals surface area contributed by atoms with Gasteiger partial charge in [-0.15, -0.1) is 5.10 Å². The van der Waals surface area contributed by atoms with Gasteiger partial charge in [-0.25, -0.2) is 4.98 Å². The van der Waals surface area contributed by atoms with E-state index in [2.05, 4.69) is 25.4 Å². The monoisotopic (exact) mass is 415 g/mol. The lowest BCUT2D eigenvalue weighted by Crippen LogP contribution is -2.40. The highest BCUT2D eigenvalue weighted by Gasteiger charge is 2.18. The van der Waals surface area contributed by atoms with Crippen LogP contribution in [0.3, 0.4) is 0 Å². The van der Waals surface area contributed by atoms with Crippen LogP contribution >= 0.6 is 0 Å². The Bertz CT molecular complexity index is 1220. The molecule has 1 N–H and O–H groups in total. The first-order valence-corrected chi connectivity index (χ1v) is 10.1. The number of anilines is 2. The van der Waals surface area contributed by atoms with E-state index in [-0.39, 0.29) is 5.91 Å². The Morgan fingerprint density at radius 1 is 1.10 bits per heavy atom. The molecule has 5 rings (SSSR count). The molecule has 0 saturated carbocycles. The standard InChI is InChI=1S/C22H21N7O2/c1-15-13-19(29-22(24-15)26-20(27-29)17-3-2-8-23-14-17)25-18-6-4-16(5-7-18)21(30)28-9-11-31-12-10-28/h2-8,13-14,25H,9-12H2,1H3. The van der Waals surface area contributed by atoms with Crippen molar-refractivity contribution in [2.45, 2.75) is 6.92 Å². The zero-order valence-corrected chi connectivity index (χ0v) is 17.0. The van der Waals surface area contributed by atoms with Gasteiger partial charge >= 0.3 is 0 Å². The summed E-state index contributed by atoms with van der Waals surface area (Å²) in [6.07, 6.45) is 3.43. The number of pyridine rings is 1. The van der Waals surface area contributed by atoms with E-state index in [0.29, 0.717) is 43.5 Å². The van der Waals surface area contributed by atoms with Crippen LogP contribution in [0.2, 0.25) is 0 Å². The number of nitrogens with one attached hydrogen (secondary N) is 1. The number of hydrogen-bond donors (Lipinski definition) is 1. The molecule has 1 aromatic carbocycles. The van der Waals surface area contributed by atoms with Gasteiger partial charge in [0.2, 0.25) is 0 Å². The van der Waals surface area contributed by atoms with Crippen LogP contribution in [-0.2, 0) is 4.74 Å². The van der Waals surface area contributed by atoms with Gasteiger partial charge in [0.15, 0.2) is 5.82 Å². The summed E-state index contributed by atoms with van der Waals surface area (Å²) >= 11 is 0. The second-order valence-corrected chi connectivity index (χ2v) is 7.28. The molecule has 1 fully saturated rings. The fraction of sp³-hybridized carbons (Fsp3) is 0.227. The Morgan fingerprint density at radius 2 is 1.90 bits per heavy atom. The SMILES string of the molecule is Cc1cc(Nc2ccc(C(=O)N3CCOCC3)cc2)n2nc(-c3cccnc3)nc2n1. The molecular formula is C22H21N7O2. The third-order valence-electron chi connectivity index (χ3n) is 5.06. The van der Waals surface area contributed by atoms with Gasteiger partial charge in [0, 0.05) is 54.1 Å². The minimum atomic E-state index is 0.0226. The number of morpholine rings is 1. The molecule has 3 aromatic heterocycles. The molecule has 0 bridgehead atoms. The number of carbonyl (C=O) groups is 1. The lowest BCUT2D eigenvalue weighted by Gasteiger charge is -2.26. The second-order valence-electron chi connectivity index (χ2n) is 7.28. The van der Waals surface area contributed by atoms with Crippen LogP contribution in [0.1, 0.15) is 16.1 Å². The van der Waals surface area contributed by atoms with Crippen molar-refractivity contribution >= 4 is 23.2 Å². The summed E-state index contributed by atoms with van der Waals surface area (Å²) < 4.78 is 6.99. The van der Waals surface area contributed by atoms with Crippen molar-refractivity contribution in [3.05, 3.63) is 66.1 Å². The van der Waals surface area contributed by atoms with E-state index in [1.54, 1.807) is 16.9 Å². The number of nitrogens with zero attached hydrogens (tertiary/aromatic N) is 6. The molecule has 4 heterocycles. The van der Waals surface area contributed by atoms with E-state index in [9.17, 15) is 4.79 Å². The summed E-state index contributed by atoms with van der Waals surface area (Å²) in [5.74, 6) is 1.81. The molecule has 0 aliphatic carbocycles. The lowest BCUT2D eigenvalue weighted by molar-refractivity contribution is 0.0303. The van der Waals surface area contributed by atoms with Crippen LogP contribution in [0.25, 0.3) is 17.2 Å². The van der Waals surface area contributed by atoms with Crippen molar-refractivity contribution in [3.63, 3.8) is 0 Å². The van der Waals surface area contributed by atoms with Crippen LogP contribution in [0, 0.1) is 6.92 Å². The number of ether oxygens (including phenoxy) is 1. The predicted octanol–water partition coefficient (Wildman–Crippen LogP) is 2.71. The van der Waals surface area contributed by atoms with Crippen LogP contribution < -0.4 is 5.32 Å². The smallest absolute Gasteiger partial charge is 0.254 e. The third kappa shape index (κ3) is 3.95. The highest BCUT2D eigenvalue weighted by Crippen LogP contribution is 2.21. The van der Waals surface area contributed by atoms with E-state index in [1.807, 2.05) is 54.3 Å². The topological polar surface area (TPSA) is 97.5 Å². The molecule has 9 heteroatoms. The summed E-state index contributed by atoms with van der Waals surface area (Å²) in [5.41, 5.74) is 3.13.